The first kappa shape index (κ1) is 12.9. The van der Waals surface area contributed by atoms with Crippen LogP contribution in [0.1, 0.15) is 24.9 Å². The molecule has 90 valence electrons. The van der Waals surface area contributed by atoms with Gasteiger partial charge in [-0.1, -0.05) is 6.07 Å². The summed E-state index contributed by atoms with van der Waals surface area (Å²) in [7, 11) is 1.87. The predicted molar refractivity (Wildman–Crippen MR) is 63.0 cm³/mol. The summed E-state index contributed by atoms with van der Waals surface area (Å²) >= 11 is 0. The Balaban J connectivity index is 2.71. The van der Waals surface area contributed by atoms with Gasteiger partial charge in [-0.15, -0.1) is 0 Å². The molecule has 0 aromatic heterocycles. The van der Waals surface area contributed by atoms with E-state index in [1.165, 1.54) is 6.07 Å². The fourth-order valence-electron chi connectivity index (χ4n) is 1.49. The molecule has 0 aliphatic heterocycles. The van der Waals surface area contributed by atoms with E-state index >= 15 is 0 Å². The molecule has 0 bridgehead atoms. The molecule has 0 saturated carbocycles. The SMILES string of the molecule is CCOc1ccc(C(N)CCNC)cc1F. The van der Waals surface area contributed by atoms with Crippen molar-refractivity contribution in [2.45, 2.75) is 19.4 Å². The highest BCUT2D eigenvalue weighted by atomic mass is 19.1. The van der Waals surface area contributed by atoms with Crippen LogP contribution in [0.15, 0.2) is 18.2 Å². The van der Waals surface area contributed by atoms with Crippen LogP contribution < -0.4 is 15.8 Å². The average molecular weight is 226 g/mol. The maximum Gasteiger partial charge on any atom is 0.165 e. The maximum atomic E-state index is 13.5. The Kier molecular flexibility index (Phi) is 5.22. The van der Waals surface area contributed by atoms with Gasteiger partial charge in [0.2, 0.25) is 0 Å². The number of hydrogen-bond donors (Lipinski definition) is 2. The Morgan fingerprint density at radius 1 is 1.50 bits per heavy atom. The Morgan fingerprint density at radius 3 is 2.81 bits per heavy atom. The molecule has 1 rings (SSSR count). The van der Waals surface area contributed by atoms with Crippen molar-refractivity contribution in [3.63, 3.8) is 0 Å². The van der Waals surface area contributed by atoms with E-state index in [1.54, 1.807) is 6.07 Å². The lowest BCUT2D eigenvalue weighted by atomic mass is 10.0. The highest BCUT2D eigenvalue weighted by Gasteiger charge is 2.09. The summed E-state index contributed by atoms with van der Waals surface area (Å²) in [4.78, 5) is 0. The fourth-order valence-corrected chi connectivity index (χ4v) is 1.49. The van der Waals surface area contributed by atoms with Crippen LogP contribution in [-0.2, 0) is 0 Å². The van der Waals surface area contributed by atoms with Crippen molar-refractivity contribution < 1.29 is 9.13 Å². The normalized spacial score (nSPS) is 12.5. The van der Waals surface area contributed by atoms with Gasteiger partial charge in [0.25, 0.3) is 0 Å². The Bertz CT molecular complexity index is 331. The molecular formula is C12H19FN2O. The van der Waals surface area contributed by atoms with E-state index in [2.05, 4.69) is 5.32 Å². The van der Waals surface area contributed by atoms with Gasteiger partial charge in [0, 0.05) is 6.04 Å². The van der Waals surface area contributed by atoms with Crippen LogP contribution in [0, 0.1) is 5.82 Å². The molecule has 4 heteroatoms. The van der Waals surface area contributed by atoms with E-state index < -0.39 is 0 Å². The van der Waals surface area contributed by atoms with Crippen molar-refractivity contribution in [3.05, 3.63) is 29.6 Å². The lowest BCUT2D eigenvalue weighted by Gasteiger charge is -2.13. The van der Waals surface area contributed by atoms with E-state index in [0.717, 1.165) is 18.5 Å². The smallest absolute Gasteiger partial charge is 0.165 e. The Hall–Kier alpha value is -1.13. The van der Waals surface area contributed by atoms with Crippen molar-refractivity contribution in [2.75, 3.05) is 20.2 Å². The minimum Gasteiger partial charge on any atom is -0.491 e. The first-order valence-electron chi connectivity index (χ1n) is 5.51. The van der Waals surface area contributed by atoms with Crippen molar-refractivity contribution in [1.29, 1.82) is 0 Å². The minimum absolute atomic E-state index is 0.141. The molecule has 0 fully saturated rings. The van der Waals surface area contributed by atoms with Gasteiger partial charge in [0.1, 0.15) is 0 Å². The largest absolute Gasteiger partial charge is 0.491 e. The molecule has 0 amide bonds. The molecule has 16 heavy (non-hydrogen) atoms. The van der Waals surface area contributed by atoms with Gasteiger partial charge < -0.3 is 15.8 Å². The van der Waals surface area contributed by atoms with Crippen molar-refractivity contribution >= 4 is 0 Å². The van der Waals surface area contributed by atoms with Gasteiger partial charge in [-0.2, -0.15) is 0 Å². The first-order chi connectivity index (χ1) is 7.69. The fraction of sp³-hybridized carbons (Fsp3) is 0.500. The zero-order valence-electron chi connectivity index (χ0n) is 9.79. The third kappa shape index (κ3) is 3.47. The van der Waals surface area contributed by atoms with Gasteiger partial charge in [-0.05, 0) is 44.6 Å². The number of nitrogens with two attached hydrogens (primary N) is 1. The van der Waals surface area contributed by atoms with Crippen molar-refractivity contribution in [2.24, 2.45) is 5.73 Å². The van der Waals surface area contributed by atoms with Crippen LogP contribution in [0.4, 0.5) is 4.39 Å². The molecule has 3 nitrogen and oxygen atoms in total. The summed E-state index contributed by atoms with van der Waals surface area (Å²) in [5, 5.41) is 3.02. The second-order valence-corrected chi connectivity index (χ2v) is 3.62. The monoisotopic (exact) mass is 226 g/mol. The molecule has 1 aromatic rings. The third-order valence-corrected chi connectivity index (χ3v) is 2.39. The summed E-state index contributed by atoms with van der Waals surface area (Å²) in [6, 6.07) is 4.75. The quantitative estimate of drug-likeness (QED) is 0.778. The van der Waals surface area contributed by atoms with E-state index in [4.69, 9.17) is 10.5 Å². The predicted octanol–water partition coefficient (Wildman–Crippen LogP) is 1.83. The van der Waals surface area contributed by atoms with Crippen LogP contribution in [0.3, 0.4) is 0 Å². The molecule has 0 aliphatic rings. The van der Waals surface area contributed by atoms with Gasteiger partial charge >= 0.3 is 0 Å². The molecular weight excluding hydrogens is 207 g/mol. The van der Waals surface area contributed by atoms with E-state index in [0.29, 0.717) is 6.61 Å². The molecule has 0 radical (unpaired) electrons. The lowest BCUT2D eigenvalue weighted by Crippen LogP contribution is -2.18. The first-order valence-corrected chi connectivity index (χ1v) is 5.51. The number of rotatable bonds is 6. The van der Waals surface area contributed by atoms with Gasteiger partial charge in [-0.3, -0.25) is 0 Å². The molecule has 0 spiro atoms. The van der Waals surface area contributed by atoms with Crippen molar-refractivity contribution in [1.82, 2.24) is 5.32 Å². The Morgan fingerprint density at radius 2 is 2.25 bits per heavy atom. The average Bonchev–Trinajstić information content (AvgIpc) is 2.29. The van der Waals surface area contributed by atoms with Crippen LogP contribution in [0.2, 0.25) is 0 Å². The second-order valence-electron chi connectivity index (χ2n) is 3.62. The number of ether oxygens (including phenoxy) is 1. The van der Waals surface area contributed by atoms with Crippen LogP contribution >= 0.6 is 0 Å². The highest BCUT2D eigenvalue weighted by molar-refractivity contribution is 5.30. The lowest BCUT2D eigenvalue weighted by molar-refractivity contribution is 0.321. The molecule has 1 aromatic carbocycles. The second kappa shape index (κ2) is 6.45. The summed E-state index contributed by atoms with van der Waals surface area (Å²) < 4.78 is 18.6. The number of hydrogen-bond acceptors (Lipinski definition) is 3. The number of benzene rings is 1. The topological polar surface area (TPSA) is 47.3 Å². The molecule has 0 heterocycles. The summed E-state index contributed by atoms with van der Waals surface area (Å²) in [6.07, 6.45) is 0.782. The van der Waals surface area contributed by atoms with Gasteiger partial charge in [0.05, 0.1) is 6.61 Å². The van der Waals surface area contributed by atoms with Gasteiger partial charge in [0.15, 0.2) is 11.6 Å². The summed E-state index contributed by atoms with van der Waals surface area (Å²) in [5.41, 5.74) is 6.73. The molecule has 0 aliphatic carbocycles. The summed E-state index contributed by atoms with van der Waals surface area (Å²) in [5.74, 6) is -0.0636. The number of nitrogens with one attached hydrogen (secondary N) is 1. The molecule has 1 unspecified atom stereocenters. The van der Waals surface area contributed by atoms with Crippen LogP contribution in [-0.4, -0.2) is 20.2 Å². The molecule has 1 atom stereocenters. The zero-order chi connectivity index (χ0) is 12.0. The molecule has 0 saturated heterocycles. The van der Waals surface area contributed by atoms with Crippen LogP contribution in [0.5, 0.6) is 5.75 Å². The van der Waals surface area contributed by atoms with E-state index in [9.17, 15) is 4.39 Å². The van der Waals surface area contributed by atoms with E-state index in [1.807, 2.05) is 20.0 Å². The maximum absolute atomic E-state index is 13.5. The number of halogens is 1. The highest BCUT2D eigenvalue weighted by Crippen LogP contribution is 2.22. The standard InChI is InChI=1S/C12H19FN2O/c1-3-16-12-5-4-9(8-10(12)13)11(14)6-7-15-2/h4-5,8,11,15H,3,6-7,14H2,1-2H3. The van der Waals surface area contributed by atoms with E-state index in [-0.39, 0.29) is 17.6 Å². The zero-order valence-corrected chi connectivity index (χ0v) is 9.79. The Labute approximate surface area is 95.8 Å². The van der Waals surface area contributed by atoms with Gasteiger partial charge in [-0.25, -0.2) is 4.39 Å². The van der Waals surface area contributed by atoms with Crippen LogP contribution in [0.25, 0.3) is 0 Å². The third-order valence-electron chi connectivity index (χ3n) is 2.39. The summed E-state index contributed by atoms with van der Waals surface area (Å²) in [6.45, 7) is 3.10. The minimum atomic E-state index is -0.348. The molecule has 3 N–H and O–H groups in total. The van der Waals surface area contributed by atoms with Crippen molar-refractivity contribution in [3.8, 4) is 5.75 Å².